The highest BCUT2D eigenvalue weighted by molar-refractivity contribution is 14.0. The van der Waals surface area contributed by atoms with Crippen LogP contribution in [0.5, 0.6) is 0 Å². The molecule has 0 radical (unpaired) electrons. The number of carbonyl (C=O) groups is 2. The van der Waals surface area contributed by atoms with E-state index < -0.39 is 0 Å². The number of carbonyl (C=O) groups excluding carboxylic acids is 2. The van der Waals surface area contributed by atoms with Gasteiger partial charge in [-0.05, 0) is 26.2 Å². The standard InChI is InChI=1S/C17H34N6O2.HI/c1-6-13(2)20-17(19-11-16(25)22(4)5)21-14-7-9-23(10-8-14)12-15(24)18-3;/h13-14H,6-12H2,1-5H3,(H,18,24)(H2,19,20,21);1H. The third-order valence-electron chi connectivity index (χ3n) is 4.44. The maximum absolute atomic E-state index is 11.8. The van der Waals surface area contributed by atoms with Gasteiger partial charge < -0.3 is 20.9 Å². The van der Waals surface area contributed by atoms with Crippen molar-refractivity contribution in [1.29, 1.82) is 0 Å². The van der Waals surface area contributed by atoms with Crippen molar-refractivity contribution in [2.75, 3.05) is 47.3 Å². The maximum atomic E-state index is 11.8. The Morgan fingerprint density at radius 3 is 2.38 bits per heavy atom. The summed E-state index contributed by atoms with van der Waals surface area (Å²) in [4.78, 5) is 31.4. The van der Waals surface area contributed by atoms with Crippen molar-refractivity contribution in [3.8, 4) is 0 Å². The van der Waals surface area contributed by atoms with Gasteiger partial charge in [0, 0.05) is 46.3 Å². The normalized spacial score (nSPS) is 17.0. The van der Waals surface area contributed by atoms with Crippen molar-refractivity contribution >= 4 is 41.8 Å². The summed E-state index contributed by atoms with van der Waals surface area (Å²) in [5, 5.41) is 9.45. The van der Waals surface area contributed by atoms with E-state index in [2.05, 4.69) is 39.7 Å². The lowest BCUT2D eigenvalue weighted by molar-refractivity contribution is -0.127. The summed E-state index contributed by atoms with van der Waals surface area (Å²) >= 11 is 0. The smallest absolute Gasteiger partial charge is 0.243 e. The average molecular weight is 482 g/mol. The van der Waals surface area contributed by atoms with E-state index in [0.717, 1.165) is 32.4 Å². The SMILES string of the molecule is CCC(C)NC(=NCC(=O)N(C)C)NC1CCN(CC(=O)NC)CC1.I. The van der Waals surface area contributed by atoms with E-state index in [4.69, 9.17) is 0 Å². The minimum Gasteiger partial charge on any atom is -0.358 e. The molecule has 0 spiro atoms. The molecule has 1 saturated heterocycles. The number of hydrogen-bond donors (Lipinski definition) is 3. The molecular weight excluding hydrogens is 447 g/mol. The van der Waals surface area contributed by atoms with Crippen LogP contribution in [0.15, 0.2) is 4.99 Å². The number of likely N-dealkylation sites (N-methyl/N-ethyl adjacent to an activating group) is 2. The van der Waals surface area contributed by atoms with E-state index in [9.17, 15) is 9.59 Å². The molecular formula is C17H35IN6O2. The molecule has 0 aromatic rings. The second-order valence-corrected chi connectivity index (χ2v) is 6.77. The van der Waals surface area contributed by atoms with Crippen molar-refractivity contribution in [1.82, 2.24) is 25.8 Å². The van der Waals surface area contributed by atoms with Gasteiger partial charge in [-0.15, -0.1) is 24.0 Å². The molecule has 1 atom stereocenters. The summed E-state index contributed by atoms with van der Waals surface area (Å²) < 4.78 is 0. The molecule has 26 heavy (non-hydrogen) atoms. The number of amides is 2. The van der Waals surface area contributed by atoms with Gasteiger partial charge in [0.05, 0.1) is 6.54 Å². The lowest BCUT2D eigenvalue weighted by Crippen LogP contribution is -2.51. The van der Waals surface area contributed by atoms with Gasteiger partial charge in [-0.25, -0.2) is 4.99 Å². The van der Waals surface area contributed by atoms with Crippen LogP contribution >= 0.6 is 24.0 Å². The molecule has 1 rings (SSSR count). The molecule has 3 N–H and O–H groups in total. The largest absolute Gasteiger partial charge is 0.358 e. The minimum absolute atomic E-state index is 0. The Kier molecular flexibility index (Phi) is 12.6. The summed E-state index contributed by atoms with van der Waals surface area (Å²) in [5.41, 5.74) is 0. The van der Waals surface area contributed by atoms with Gasteiger partial charge >= 0.3 is 0 Å². The lowest BCUT2D eigenvalue weighted by atomic mass is 10.1. The summed E-state index contributed by atoms with van der Waals surface area (Å²) in [7, 11) is 5.12. The molecule has 9 heteroatoms. The molecule has 1 fully saturated rings. The van der Waals surface area contributed by atoms with Gasteiger partial charge in [0.1, 0.15) is 6.54 Å². The maximum Gasteiger partial charge on any atom is 0.243 e. The van der Waals surface area contributed by atoms with Crippen LogP contribution in [-0.2, 0) is 9.59 Å². The summed E-state index contributed by atoms with van der Waals surface area (Å²) in [6.45, 7) is 6.53. The zero-order valence-corrected chi connectivity index (χ0v) is 19.0. The van der Waals surface area contributed by atoms with Gasteiger partial charge in [0.2, 0.25) is 11.8 Å². The van der Waals surface area contributed by atoms with E-state index in [-0.39, 0.29) is 48.4 Å². The molecule has 0 aliphatic carbocycles. The van der Waals surface area contributed by atoms with Crippen LogP contribution in [0.2, 0.25) is 0 Å². The fourth-order valence-electron chi connectivity index (χ4n) is 2.47. The molecule has 152 valence electrons. The fraction of sp³-hybridized carbons (Fsp3) is 0.824. The predicted octanol–water partition coefficient (Wildman–Crippen LogP) is 0.237. The van der Waals surface area contributed by atoms with E-state index >= 15 is 0 Å². The Balaban J connectivity index is 0.00000625. The molecule has 0 aromatic carbocycles. The number of aliphatic imine (C=N–C) groups is 1. The summed E-state index contributed by atoms with van der Waals surface area (Å²) in [6, 6.07) is 0.583. The molecule has 2 amide bonds. The third-order valence-corrected chi connectivity index (χ3v) is 4.44. The molecule has 1 aliphatic rings. The van der Waals surface area contributed by atoms with Crippen LogP contribution in [0.1, 0.15) is 33.1 Å². The van der Waals surface area contributed by atoms with Crippen LogP contribution in [-0.4, -0.2) is 87.0 Å². The first-order chi connectivity index (χ1) is 11.8. The fourth-order valence-corrected chi connectivity index (χ4v) is 2.47. The highest BCUT2D eigenvalue weighted by Crippen LogP contribution is 2.10. The Hall–Kier alpha value is -1.10. The molecule has 0 saturated carbocycles. The van der Waals surface area contributed by atoms with Crippen LogP contribution in [0, 0.1) is 0 Å². The van der Waals surface area contributed by atoms with Gasteiger partial charge in [0.25, 0.3) is 0 Å². The van der Waals surface area contributed by atoms with E-state index in [1.165, 1.54) is 0 Å². The van der Waals surface area contributed by atoms with Gasteiger partial charge in [-0.3, -0.25) is 14.5 Å². The van der Waals surface area contributed by atoms with Crippen LogP contribution in [0.4, 0.5) is 0 Å². The van der Waals surface area contributed by atoms with E-state index in [0.29, 0.717) is 18.5 Å². The van der Waals surface area contributed by atoms with Gasteiger partial charge in [-0.1, -0.05) is 6.92 Å². The topological polar surface area (TPSA) is 89.1 Å². The number of guanidine groups is 1. The Bertz CT molecular complexity index is 464. The number of hydrogen-bond acceptors (Lipinski definition) is 4. The van der Waals surface area contributed by atoms with E-state index in [1.807, 2.05) is 0 Å². The number of nitrogens with one attached hydrogen (secondary N) is 3. The van der Waals surface area contributed by atoms with Gasteiger partial charge in [0.15, 0.2) is 5.96 Å². The average Bonchev–Trinajstić information content (AvgIpc) is 2.60. The third kappa shape index (κ3) is 9.56. The zero-order valence-electron chi connectivity index (χ0n) is 16.7. The van der Waals surface area contributed by atoms with Crippen molar-refractivity contribution < 1.29 is 9.59 Å². The molecule has 8 nitrogen and oxygen atoms in total. The highest BCUT2D eigenvalue weighted by Gasteiger charge is 2.21. The molecule has 0 aromatic heterocycles. The Morgan fingerprint density at radius 2 is 1.88 bits per heavy atom. The first kappa shape index (κ1) is 24.9. The minimum atomic E-state index is -0.0225. The molecule has 0 bridgehead atoms. The van der Waals surface area contributed by atoms with Crippen molar-refractivity contribution in [3.05, 3.63) is 0 Å². The van der Waals surface area contributed by atoms with E-state index in [1.54, 1.807) is 26.0 Å². The van der Waals surface area contributed by atoms with Crippen LogP contribution in [0.25, 0.3) is 0 Å². The predicted molar refractivity (Wildman–Crippen MR) is 116 cm³/mol. The lowest BCUT2D eigenvalue weighted by Gasteiger charge is -2.33. The second-order valence-electron chi connectivity index (χ2n) is 6.77. The first-order valence-corrected chi connectivity index (χ1v) is 9.06. The number of rotatable bonds is 7. The number of nitrogens with zero attached hydrogens (tertiary/aromatic N) is 3. The number of halogens is 1. The van der Waals surface area contributed by atoms with Crippen LogP contribution in [0.3, 0.4) is 0 Å². The van der Waals surface area contributed by atoms with Crippen molar-refractivity contribution in [3.63, 3.8) is 0 Å². The molecule has 1 aliphatic heterocycles. The number of piperidine rings is 1. The highest BCUT2D eigenvalue weighted by atomic mass is 127. The summed E-state index contributed by atoms with van der Waals surface area (Å²) in [6.07, 6.45) is 2.87. The molecule has 1 unspecified atom stereocenters. The Morgan fingerprint density at radius 1 is 1.27 bits per heavy atom. The molecule has 1 heterocycles. The number of likely N-dealkylation sites (tertiary alicyclic amines) is 1. The Labute approximate surface area is 174 Å². The quantitative estimate of drug-likeness (QED) is 0.275. The zero-order chi connectivity index (χ0) is 18.8. The first-order valence-electron chi connectivity index (χ1n) is 9.06. The van der Waals surface area contributed by atoms with Crippen LogP contribution < -0.4 is 16.0 Å². The van der Waals surface area contributed by atoms with Gasteiger partial charge in [-0.2, -0.15) is 0 Å². The van der Waals surface area contributed by atoms with Crippen molar-refractivity contribution in [2.45, 2.75) is 45.2 Å². The van der Waals surface area contributed by atoms with Crippen molar-refractivity contribution in [2.24, 2.45) is 4.99 Å². The monoisotopic (exact) mass is 482 g/mol. The summed E-state index contributed by atoms with van der Waals surface area (Å²) in [5.74, 6) is 0.717. The second kappa shape index (κ2) is 13.1.